The maximum absolute atomic E-state index is 5.35. The van der Waals surface area contributed by atoms with Crippen LogP contribution in [0.5, 0.6) is 0 Å². The highest BCUT2D eigenvalue weighted by Gasteiger charge is 2.08. The van der Waals surface area contributed by atoms with Crippen LogP contribution >= 0.6 is 12.2 Å². The van der Waals surface area contributed by atoms with Crippen LogP contribution in [0.25, 0.3) is 0 Å². The molecule has 0 aliphatic rings. The molecule has 0 saturated heterocycles. The average Bonchev–Trinajstić information content (AvgIpc) is 2.38. The van der Waals surface area contributed by atoms with Crippen molar-refractivity contribution in [3.63, 3.8) is 0 Å². The van der Waals surface area contributed by atoms with Gasteiger partial charge in [0.25, 0.3) is 0 Å². The van der Waals surface area contributed by atoms with Gasteiger partial charge in [0.1, 0.15) is 0 Å². The van der Waals surface area contributed by atoms with Crippen LogP contribution in [0.3, 0.4) is 0 Å². The topological polar surface area (TPSA) is 37.0 Å². The van der Waals surface area contributed by atoms with E-state index >= 15 is 0 Å². The third-order valence-corrected chi connectivity index (χ3v) is 3.18. The lowest BCUT2D eigenvalue weighted by Gasteiger charge is -2.17. The van der Waals surface area contributed by atoms with Crippen molar-refractivity contribution in [1.29, 1.82) is 0 Å². The molecule has 2 rings (SSSR count). The molecule has 0 saturated carbocycles. The summed E-state index contributed by atoms with van der Waals surface area (Å²) in [5.74, 6) is 0. The van der Waals surface area contributed by atoms with E-state index in [0.29, 0.717) is 5.11 Å². The van der Waals surface area contributed by atoms with E-state index in [9.17, 15) is 0 Å². The molecule has 0 spiro atoms. The van der Waals surface area contributed by atoms with Crippen molar-refractivity contribution in [1.82, 2.24) is 10.3 Å². The molecule has 0 bridgehead atoms. The molecule has 3 nitrogen and oxygen atoms in total. The molecule has 0 amide bonds. The first-order valence-electron chi connectivity index (χ1n) is 6.61. The van der Waals surface area contributed by atoms with Crippen LogP contribution in [-0.2, 0) is 0 Å². The van der Waals surface area contributed by atoms with Gasteiger partial charge in [-0.05, 0) is 68.4 Å². The molecule has 2 N–H and O–H groups in total. The number of rotatable bonds is 3. The molecule has 2 aromatic rings. The standard InChI is InChI=1S/C16H19N3S/c1-11-8-12(2)10-14(9-11)19-16(20)18-13(3)15-6-4-5-7-17-15/h4-10,13H,1-3H3,(H2,18,19,20)/t13-/m0/s1. The van der Waals surface area contributed by atoms with Gasteiger partial charge in [-0.25, -0.2) is 0 Å². The van der Waals surface area contributed by atoms with Gasteiger partial charge in [0.15, 0.2) is 5.11 Å². The van der Waals surface area contributed by atoms with E-state index in [2.05, 4.69) is 47.7 Å². The second-order valence-corrected chi connectivity index (χ2v) is 5.36. The summed E-state index contributed by atoms with van der Waals surface area (Å²) in [6.45, 7) is 6.19. The Morgan fingerprint density at radius 3 is 2.45 bits per heavy atom. The summed E-state index contributed by atoms with van der Waals surface area (Å²) in [6.07, 6.45) is 1.79. The number of pyridine rings is 1. The molecule has 1 atom stereocenters. The van der Waals surface area contributed by atoms with E-state index in [-0.39, 0.29) is 6.04 Å². The highest BCUT2D eigenvalue weighted by atomic mass is 32.1. The van der Waals surface area contributed by atoms with Gasteiger partial charge in [0.2, 0.25) is 0 Å². The van der Waals surface area contributed by atoms with Crippen LogP contribution in [0, 0.1) is 13.8 Å². The van der Waals surface area contributed by atoms with Crippen molar-refractivity contribution in [2.24, 2.45) is 0 Å². The monoisotopic (exact) mass is 285 g/mol. The predicted octanol–water partition coefficient (Wildman–Crippen LogP) is 3.75. The number of hydrogen-bond acceptors (Lipinski definition) is 2. The van der Waals surface area contributed by atoms with E-state index in [4.69, 9.17) is 12.2 Å². The predicted molar refractivity (Wildman–Crippen MR) is 87.9 cm³/mol. The third-order valence-electron chi connectivity index (χ3n) is 2.96. The highest BCUT2D eigenvalue weighted by molar-refractivity contribution is 7.80. The minimum Gasteiger partial charge on any atom is -0.354 e. The number of anilines is 1. The summed E-state index contributed by atoms with van der Waals surface area (Å²) < 4.78 is 0. The fourth-order valence-corrected chi connectivity index (χ4v) is 2.41. The minimum absolute atomic E-state index is 0.0714. The van der Waals surface area contributed by atoms with E-state index in [0.717, 1.165) is 11.4 Å². The van der Waals surface area contributed by atoms with Gasteiger partial charge in [-0.2, -0.15) is 0 Å². The normalized spacial score (nSPS) is 11.8. The van der Waals surface area contributed by atoms with Crippen molar-refractivity contribution >= 4 is 23.0 Å². The fraction of sp³-hybridized carbons (Fsp3) is 0.250. The molecule has 0 aliphatic carbocycles. The van der Waals surface area contributed by atoms with Gasteiger partial charge in [-0.15, -0.1) is 0 Å². The Morgan fingerprint density at radius 1 is 1.15 bits per heavy atom. The van der Waals surface area contributed by atoms with Crippen molar-refractivity contribution < 1.29 is 0 Å². The summed E-state index contributed by atoms with van der Waals surface area (Å²) >= 11 is 5.35. The number of nitrogens with zero attached hydrogens (tertiary/aromatic N) is 1. The molecule has 1 heterocycles. The Morgan fingerprint density at radius 2 is 1.85 bits per heavy atom. The third kappa shape index (κ3) is 4.03. The summed E-state index contributed by atoms with van der Waals surface area (Å²) in [4.78, 5) is 4.32. The second kappa shape index (κ2) is 6.48. The van der Waals surface area contributed by atoms with E-state index in [1.165, 1.54) is 11.1 Å². The van der Waals surface area contributed by atoms with Gasteiger partial charge in [-0.1, -0.05) is 12.1 Å². The van der Waals surface area contributed by atoms with Crippen LogP contribution in [0.2, 0.25) is 0 Å². The van der Waals surface area contributed by atoms with Crippen LogP contribution in [0.15, 0.2) is 42.6 Å². The van der Waals surface area contributed by atoms with E-state index in [1.54, 1.807) is 6.20 Å². The van der Waals surface area contributed by atoms with Gasteiger partial charge in [0, 0.05) is 11.9 Å². The van der Waals surface area contributed by atoms with Gasteiger partial charge in [-0.3, -0.25) is 4.98 Å². The van der Waals surface area contributed by atoms with Gasteiger partial charge in [0.05, 0.1) is 11.7 Å². The molecule has 104 valence electrons. The highest BCUT2D eigenvalue weighted by Crippen LogP contribution is 2.14. The number of hydrogen-bond donors (Lipinski definition) is 2. The van der Waals surface area contributed by atoms with Crippen molar-refractivity contribution in [2.45, 2.75) is 26.8 Å². The SMILES string of the molecule is Cc1cc(C)cc(NC(=S)N[C@@H](C)c2ccccn2)c1. The van der Waals surface area contributed by atoms with Crippen LogP contribution in [0.4, 0.5) is 5.69 Å². The largest absolute Gasteiger partial charge is 0.354 e. The lowest BCUT2D eigenvalue weighted by Crippen LogP contribution is -2.31. The van der Waals surface area contributed by atoms with Gasteiger partial charge >= 0.3 is 0 Å². The zero-order valence-electron chi connectivity index (χ0n) is 12.0. The van der Waals surface area contributed by atoms with Crippen molar-refractivity contribution in [3.05, 3.63) is 59.4 Å². The minimum atomic E-state index is 0.0714. The molecule has 4 heteroatoms. The molecular weight excluding hydrogens is 266 g/mol. The molecule has 0 unspecified atom stereocenters. The first-order valence-corrected chi connectivity index (χ1v) is 7.02. The number of aromatic nitrogens is 1. The van der Waals surface area contributed by atoms with Crippen LogP contribution in [0.1, 0.15) is 29.8 Å². The van der Waals surface area contributed by atoms with Crippen molar-refractivity contribution in [2.75, 3.05) is 5.32 Å². The van der Waals surface area contributed by atoms with E-state index < -0.39 is 0 Å². The maximum Gasteiger partial charge on any atom is 0.171 e. The molecule has 0 aliphatic heterocycles. The quantitative estimate of drug-likeness (QED) is 0.842. The number of benzene rings is 1. The molecule has 1 aromatic heterocycles. The zero-order chi connectivity index (χ0) is 14.5. The van der Waals surface area contributed by atoms with E-state index in [1.807, 2.05) is 25.1 Å². The Bertz CT molecular complexity index is 576. The first kappa shape index (κ1) is 14.5. The fourth-order valence-electron chi connectivity index (χ4n) is 2.12. The average molecular weight is 285 g/mol. The molecule has 0 fully saturated rings. The summed E-state index contributed by atoms with van der Waals surface area (Å²) in [7, 11) is 0. The number of thiocarbonyl (C=S) groups is 1. The lowest BCUT2D eigenvalue weighted by molar-refractivity contribution is 0.696. The molecule has 1 aromatic carbocycles. The maximum atomic E-state index is 5.35. The Balaban J connectivity index is 1.99. The summed E-state index contributed by atoms with van der Waals surface area (Å²) in [6, 6.07) is 12.2. The molecule has 0 radical (unpaired) electrons. The Kier molecular flexibility index (Phi) is 4.69. The second-order valence-electron chi connectivity index (χ2n) is 4.95. The first-order chi connectivity index (χ1) is 9.54. The summed E-state index contributed by atoms with van der Waals surface area (Å²) in [5.41, 5.74) is 4.41. The van der Waals surface area contributed by atoms with Crippen molar-refractivity contribution in [3.8, 4) is 0 Å². The Labute approximate surface area is 125 Å². The van der Waals surface area contributed by atoms with Crippen LogP contribution < -0.4 is 10.6 Å². The number of aryl methyl sites for hydroxylation is 2. The number of nitrogens with one attached hydrogen (secondary N) is 2. The lowest BCUT2D eigenvalue weighted by atomic mass is 10.1. The van der Waals surface area contributed by atoms with Crippen LogP contribution in [-0.4, -0.2) is 10.1 Å². The smallest absolute Gasteiger partial charge is 0.171 e. The zero-order valence-corrected chi connectivity index (χ0v) is 12.8. The Hall–Kier alpha value is -1.94. The molecular formula is C16H19N3S. The van der Waals surface area contributed by atoms with Gasteiger partial charge < -0.3 is 10.6 Å². The molecule has 20 heavy (non-hydrogen) atoms. The summed E-state index contributed by atoms with van der Waals surface area (Å²) in [5, 5.41) is 7.06.